The average Bonchev–Trinajstić information content (AvgIpc) is 3.49. The SMILES string of the molecule is CC1CN(c2cc3c(cc2F)c(=O)c(C(=O)O)cn3C2CC2)CCN1CCO. The number of β-amino-alcohol motifs (C(OH)–C–C–N with tert-alkyl or cyclic N) is 1. The zero-order valence-corrected chi connectivity index (χ0v) is 15.8. The van der Waals surface area contributed by atoms with Crippen LogP contribution in [0.3, 0.4) is 0 Å². The molecule has 2 fully saturated rings. The highest BCUT2D eigenvalue weighted by Crippen LogP contribution is 2.38. The fourth-order valence-corrected chi connectivity index (χ4v) is 4.08. The standard InChI is InChI=1S/C20H24FN3O4/c1-12-10-23(5-4-22(12)6-7-25)18-9-17-14(8-16(18)21)19(26)15(20(27)28)11-24(17)13-2-3-13/h8-9,11-13,25H,2-7,10H2,1H3,(H,27,28). The molecule has 1 saturated carbocycles. The Morgan fingerprint density at radius 1 is 1.29 bits per heavy atom. The highest BCUT2D eigenvalue weighted by atomic mass is 19.1. The Bertz CT molecular complexity index is 986. The summed E-state index contributed by atoms with van der Waals surface area (Å²) in [6.45, 7) is 4.67. The van der Waals surface area contributed by atoms with E-state index < -0.39 is 17.2 Å². The van der Waals surface area contributed by atoms with Crippen LogP contribution in [0.2, 0.25) is 0 Å². The van der Waals surface area contributed by atoms with Gasteiger partial charge in [-0.2, -0.15) is 0 Å². The number of piperazine rings is 1. The molecule has 28 heavy (non-hydrogen) atoms. The van der Waals surface area contributed by atoms with Crippen molar-refractivity contribution in [2.45, 2.75) is 31.8 Å². The molecule has 2 heterocycles. The number of fused-ring (bicyclic) bond motifs is 1. The number of hydrogen-bond donors (Lipinski definition) is 2. The van der Waals surface area contributed by atoms with Crippen molar-refractivity contribution in [2.75, 3.05) is 37.7 Å². The van der Waals surface area contributed by atoms with Gasteiger partial charge in [0, 0.05) is 49.8 Å². The van der Waals surface area contributed by atoms with E-state index in [0.29, 0.717) is 37.4 Å². The van der Waals surface area contributed by atoms with E-state index in [1.54, 1.807) is 6.07 Å². The number of halogens is 1. The number of aromatic carboxylic acids is 1. The van der Waals surface area contributed by atoms with E-state index in [4.69, 9.17) is 5.11 Å². The molecule has 1 saturated heterocycles. The molecule has 1 aliphatic carbocycles. The molecule has 1 atom stereocenters. The topological polar surface area (TPSA) is 86.0 Å². The highest BCUT2D eigenvalue weighted by Gasteiger charge is 2.29. The van der Waals surface area contributed by atoms with Gasteiger partial charge in [0.15, 0.2) is 0 Å². The predicted octanol–water partition coefficient (Wildman–Crippen LogP) is 1.68. The molecule has 150 valence electrons. The maximum atomic E-state index is 14.9. The molecule has 0 amide bonds. The lowest BCUT2D eigenvalue weighted by atomic mass is 10.1. The number of nitrogens with zero attached hydrogens (tertiary/aromatic N) is 3. The van der Waals surface area contributed by atoms with Crippen LogP contribution in [0.1, 0.15) is 36.2 Å². The Balaban J connectivity index is 1.78. The number of carboxylic acid groups (broad SMARTS) is 1. The molecule has 1 aromatic heterocycles. The average molecular weight is 389 g/mol. The van der Waals surface area contributed by atoms with Crippen LogP contribution in [-0.4, -0.2) is 64.5 Å². The molecule has 2 N–H and O–H groups in total. The Morgan fingerprint density at radius 2 is 2.04 bits per heavy atom. The number of hydrogen-bond acceptors (Lipinski definition) is 5. The zero-order valence-electron chi connectivity index (χ0n) is 15.8. The minimum atomic E-state index is -1.29. The second-order valence-electron chi connectivity index (χ2n) is 7.69. The normalized spacial score (nSPS) is 20.7. The Kier molecular flexibility index (Phi) is 4.84. The first-order valence-electron chi connectivity index (χ1n) is 9.62. The van der Waals surface area contributed by atoms with Gasteiger partial charge in [-0.15, -0.1) is 0 Å². The molecule has 8 heteroatoms. The molecular weight excluding hydrogens is 365 g/mol. The lowest BCUT2D eigenvalue weighted by Crippen LogP contribution is -2.52. The smallest absolute Gasteiger partial charge is 0.341 e. The van der Waals surface area contributed by atoms with E-state index in [0.717, 1.165) is 12.8 Å². The number of anilines is 1. The third-order valence-corrected chi connectivity index (χ3v) is 5.76. The number of benzene rings is 1. The number of carbonyl (C=O) groups is 1. The first kappa shape index (κ1) is 18.9. The van der Waals surface area contributed by atoms with E-state index in [9.17, 15) is 19.1 Å². The van der Waals surface area contributed by atoms with E-state index in [1.807, 2.05) is 16.4 Å². The Labute approximate surface area is 161 Å². The first-order valence-corrected chi connectivity index (χ1v) is 9.62. The quantitative estimate of drug-likeness (QED) is 0.809. The van der Waals surface area contributed by atoms with Crippen LogP contribution in [0.5, 0.6) is 0 Å². The van der Waals surface area contributed by atoms with Gasteiger partial charge in [0.1, 0.15) is 11.4 Å². The van der Waals surface area contributed by atoms with Gasteiger partial charge in [0.2, 0.25) is 5.43 Å². The van der Waals surface area contributed by atoms with Gasteiger partial charge in [0.05, 0.1) is 17.8 Å². The van der Waals surface area contributed by atoms with Crippen LogP contribution in [0.4, 0.5) is 10.1 Å². The van der Waals surface area contributed by atoms with Crippen LogP contribution in [0.15, 0.2) is 23.1 Å². The van der Waals surface area contributed by atoms with Gasteiger partial charge in [-0.3, -0.25) is 9.69 Å². The van der Waals surface area contributed by atoms with Crippen molar-refractivity contribution in [3.63, 3.8) is 0 Å². The molecule has 0 radical (unpaired) electrons. The summed E-state index contributed by atoms with van der Waals surface area (Å²) in [7, 11) is 0. The number of rotatable bonds is 5. The summed E-state index contributed by atoms with van der Waals surface area (Å²) >= 11 is 0. The molecule has 1 aromatic carbocycles. The number of carboxylic acids is 1. The van der Waals surface area contributed by atoms with Gasteiger partial charge in [-0.05, 0) is 31.9 Å². The largest absolute Gasteiger partial charge is 0.477 e. The number of pyridine rings is 1. The van der Waals surface area contributed by atoms with Crippen molar-refractivity contribution in [1.29, 1.82) is 0 Å². The minimum absolute atomic E-state index is 0.0915. The number of aromatic nitrogens is 1. The summed E-state index contributed by atoms with van der Waals surface area (Å²) in [5, 5.41) is 18.6. The van der Waals surface area contributed by atoms with Gasteiger partial charge in [-0.1, -0.05) is 0 Å². The lowest BCUT2D eigenvalue weighted by Gasteiger charge is -2.40. The second kappa shape index (κ2) is 7.18. The monoisotopic (exact) mass is 389 g/mol. The maximum absolute atomic E-state index is 14.9. The van der Waals surface area contributed by atoms with Crippen LogP contribution < -0.4 is 10.3 Å². The van der Waals surface area contributed by atoms with Crippen molar-refractivity contribution in [3.05, 3.63) is 39.9 Å². The Morgan fingerprint density at radius 3 is 2.64 bits per heavy atom. The van der Waals surface area contributed by atoms with Gasteiger partial charge >= 0.3 is 5.97 Å². The predicted molar refractivity (Wildman–Crippen MR) is 104 cm³/mol. The summed E-state index contributed by atoms with van der Waals surface area (Å²) in [5.41, 5.74) is 0.0444. The Hall–Kier alpha value is -2.45. The molecule has 0 bridgehead atoms. The van der Waals surface area contributed by atoms with Crippen LogP contribution in [0, 0.1) is 5.82 Å². The summed E-state index contributed by atoms with van der Waals surface area (Å²) < 4.78 is 16.8. The van der Waals surface area contributed by atoms with Crippen molar-refractivity contribution in [3.8, 4) is 0 Å². The molecule has 2 aromatic rings. The van der Waals surface area contributed by atoms with Crippen LogP contribution >= 0.6 is 0 Å². The lowest BCUT2D eigenvalue weighted by molar-refractivity contribution is 0.0695. The van der Waals surface area contributed by atoms with Gasteiger partial charge < -0.3 is 19.7 Å². The fraction of sp³-hybridized carbons (Fsp3) is 0.500. The summed E-state index contributed by atoms with van der Waals surface area (Å²) in [4.78, 5) is 28.1. The third kappa shape index (κ3) is 3.27. The van der Waals surface area contributed by atoms with Crippen molar-refractivity contribution in [2.24, 2.45) is 0 Å². The third-order valence-electron chi connectivity index (χ3n) is 5.76. The number of aliphatic hydroxyl groups excluding tert-OH is 1. The molecule has 2 aliphatic rings. The van der Waals surface area contributed by atoms with Crippen molar-refractivity contribution in [1.82, 2.24) is 9.47 Å². The van der Waals surface area contributed by atoms with E-state index in [2.05, 4.69) is 4.90 Å². The van der Waals surface area contributed by atoms with E-state index in [-0.39, 0.29) is 29.6 Å². The first-order chi connectivity index (χ1) is 13.4. The van der Waals surface area contributed by atoms with Gasteiger partial charge in [0.25, 0.3) is 0 Å². The van der Waals surface area contributed by atoms with Gasteiger partial charge in [-0.25, -0.2) is 9.18 Å². The molecule has 7 nitrogen and oxygen atoms in total. The molecular formula is C20H24FN3O4. The number of aliphatic hydroxyl groups is 1. The summed E-state index contributed by atoms with van der Waals surface area (Å²) in [5.74, 6) is -1.81. The van der Waals surface area contributed by atoms with E-state index in [1.165, 1.54) is 12.3 Å². The maximum Gasteiger partial charge on any atom is 0.341 e. The second-order valence-corrected chi connectivity index (χ2v) is 7.69. The molecule has 4 rings (SSSR count). The van der Waals surface area contributed by atoms with E-state index >= 15 is 0 Å². The molecule has 1 aliphatic heterocycles. The van der Waals surface area contributed by atoms with Crippen LogP contribution in [0.25, 0.3) is 10.9 Å². The molecule has 1 unspecified atom stereocenters. The minimum Gasteiger partial charge on any atom is -0.477 e. The zero-order chi connectivity index (χ0) is 20.0. The van der Waals surface area contributed by atoms with Crippen molar-refractivity contribution >= 4 is 22.6 Å². The fourth-order valence-electron chi connectivity index (χ4n) is 4.08. The highest BCUT2D eigenvalue weighted by molar-refractivity contribution is 5.93. The molecule has 0 spiro atoms. The summed E-state index contributed by atoms with van der Waals surface area (Å²) in [6.07, 6.45) is 3.23. The van der Waals surface area contributed by atoms with Crippen molar-refractivity contribution < 1.29 is 19.4 Å². The summed E-state index contributed by atoms with van der Waals surface area (Å²) in [6, 6.07) is 3.18. The van der Waals surface area contributed by atoms with Crippen LogP contribution in [-0.2, 0) is 0 Å².